The van der Waals surface area contributed by atoms with Crippen molar-refractivity contribution in [2.24, 2.45) is 0 Å². The van der Waals surface area contributed by atoms with Crippen LogP contribution >= 0.6 is 11.3 Å². The zero-order chi connectivity index (χ0) is 21.4. The molecular weight excluding hydrogens is 414 g/mol. The minimum absolute atomic E-state index is 0.0580. The molecule has 0 aliphatic heterocycles. The minimum Gasteiger partial charge on any atom is -0.451 e. The molecule has 154 valence electrons. The molecule has 0 amide bonds. The number of aromatic nitrogens is 3. The predicted octanol–water partition coefficient (Wildman–Crippen LogP) is 4.57. The van der Waals surface area contributed by atoms with Gasteiger partial charge in [-0.3, -0.25) is 9.59 Å². The van der Waals surface area contributed by atoms with Crippen molar-refractivity contribution < 1.29 is 13.9 Å². The number of hydrogen-bond acceptors (Lipinski definition) is 7. The highest BCUT2D eigenvalue weighted by Gasteiger charge is 2.21. The summed E-state index contributed by atoms with van der Waals surface area (Å²) in [6.45, 7) is 1.63. The molecule has 0 fully saturated rings. The summed E-state index contributed by atoms with van der Waals surface area (Å²) in [5.41, 5.74) is 1.29. The number of carbonyl (C=O) groups excluding carboxylic acids is 1. The van der Waals surface area contributed by atoms with Gasteiger partial charge in [-0.1, -0.05) is 30.3 Å². The van der Waals surface area contributed by atoms with Crippen LogP contribution in [0.2, 0.25) is 0 Å². The fraction of sp³-hybridized carbons (Fsp3) is 0.130. The molecule has 0 radical (unpaired) electrons. The Kier molecular flexibility index (Phi) is 4.83. The van der Waals surface area contributed by atoms with Gasteiger partial charge in [-0.2, -0.15) is 0 Å². The molecule has 0 aliphatic carbocycles. The van der Waals surface area contributed by atoms with Gasteiger partial charge < -0.3 is 13.7 Å². The van der Waals surface area contributed by atoms with Gasteiger partial charge in [-0.05, 0) is 42.6 Å². The van der Waals surface area contributed by atoms with E-state index < -0.39 is 12.1 Å². The topological polar surface area (TPSA) is 87.2 Å². The highest BCUT2D eigenvalue weighted by molar-refractivity contribution is 7.13. The molecule has 0 N–H and O–H groups in total. The van der Waals surface area contributed by atoms with Crippen LogP contribution in [0.25, 0.3) is 32.6 Å². The summed E-state index contributed by atoms with van der Waals surface area (Å²) >= 11 is 1.49. The van der Waals surface area contributed by atoms with Crippen molar-refractivity contribution in [2.45, 2.75) is 19.6 Å². The Balaban J connectivity index is 1.44. The molecule has 2 aromatic carbocycles. The van der Waals surface area contributed by atoms with E-state index in [-0.39, 0.29) is 17.9 Å². The van der Waals surface area contributed by atoms with Crippen LogP contribution in [0.3, 0.4) is 0 Å². The number of fused-ring (bicyclic) bond motifs is 2. The van der Waals surface area contributed by atoms with E-state index in [9.17, 15) is 9.59 Å². The van der Waals surface area contributed by atoms with Gasteiger partial charge in [0.1, 0.15) is 6.54 Å². The third-order valence-electron chi connectivity index (χ3n) is 4.99. The van der Waals surface area contributed by atoms with E-state index in [4.69, 9.17) is 9.15 Å². The first-order chi connectivity index (χ1) is 15.1. The molecule has 0 aliphatic rings. The largest absolute Gasteiger partial charge is 0.451 e. The monoisotopic (exact) mass is 431 g/mol. The first-order valence-corrected chi connectivity index (χ1v) is 10.6. The second-order valence-electron chi connectivity index (χ2n) is 7.00. The van der Waals surface area contributed by atoms with Gasteiger partial charge in [0.25, 0.3) is 11.8 Å². The van der Waals surface area contributed by atoms with E-state index in [0.717, 1.165) is 4.88 Å². The maximum atomic E-state index is 12.8. The standard InChI is InChI=1S/C23H17N3O4S/c1-14(22-24-25-23(30-22)19-11-6-12-31-19)29-20(27)13-26-17-9-4-2-7-15(17)21(28)16-8-3-5-10-18(16)26/h2-12,14H,13H2,1H3. The molecule has 5 rings (SSSR count). The fourth-order valence-electron chi connectivity index (χ4n) is 3.56. The zero-order valence-corrected chi connectivity index (χ0v) is 17.3. The number of hydrogen-bond donors (Lipinski definition) is 0. The number of rotatable bonds is 5. The van der Waals surface area contributed by atoms with Gasteiger partial charge in [0.2, 0.25) is 0 Å². The Morgan fingerprint density at radius 2 is 1.71 bits per heavy atom. The highest BCUT2D eigenvalue weighted by atomic mass is 32.1. The van der Waals surface area contributed by atoms with E-state index in [2.05, 4.69) is 10.2 Å². The van der Waals surface area contributed by atoms with Crippen LogP contribution in [0, 0.1) is 0 Å². The average molecular weight is 431 g/mol. The molecule has 7 nitrogen and oxygen atoms in total. The molecule has 1 unspecified atom stereocenters. The van der Waals surface area contributed by atoms with Crippen molar-refractivity contribution in [3.05, 3.63) is 82.2 Å². The van der Waals surface area contributed by atoms with Crippen LogP contribution in [0.15, 0.2) is 75.3 Å². The first kappa shape index (κ1) is 19.2. The van der Waals surface area contributed by atoms with Crippen LogP contribution in [0.4, 0.5) is 0 Å². The van der Waals surface area contributed by atoms with Crippen LogP contribution in [0.5, 0.6) is 0 Å². The number of para-hydroxylation sites is 2. The summed E-state index contributed by atoms with van der Waals surface area (Å²) < 4.78 is 13.0. The van der Waals surface area contributed by atoms with Crippen LogP contribution in [0.1, 0.15) is 18.9 Å². The van der Waals surface area contributed by atoms with Crippen molar-refractivity contribution in [1.29, 1.82) is 0 Å². The van der Waals surface area contributed by atoms with E-state index >= 15 is 0 Å². The summed E-state index contributed by atoms with van der Waals surface area (Å²) in [4.78, 5) is 26.5. The lowest BCUT2D eigenvalue weighted by Gasteiger charge is -2.16. The Morgan fingerprint density at radius 1 is 1.03 bits per heavy atom. The van der Waals surface area contributed by atoms with Crippen molar-refractivity contribution in [3.63, 3.8) is 0 Å². The lowest BCUT2D eigenvalue weighted by molar-refractivity contribution is -0.150. The number of carbonyl (C=O) groups is 1. The van der Waals surface area contributed by atoms with Gasteiger partial charge >= 0.3 is 5.97 Å². The third-order valence-corrected chi connectivity index (χ3v) is 5.85. The lowest BCUT2D eigenvalue weighted by atomic mass is 10.1. The van der Waals surface area contributed by atoms with Crippen LogP contribution in [-0.4, -0.2) is 20.7 Å². The average Bonchev–Trinajstić information content (AvgIpc) is 3.49. The molecule has 0 saturated heterocycles. The second kappa shape index (κ2) is 7.81. The van der Waals surface area contributed by atoms with E-state index in [1.165, 1.54) is 11.3 Å². The van der Waals surface area contributed by atoms with Gasteiger partial charge in [0.05, 0.1) is 15.9 Å². The number of esters is 1. The molecule has 1 atom stereocenters. The number of ether oxygens (including phenoxy) is 1. The lowest BCUT2D eigenvalue weighted by Crippen LogP contribution is -2.19. The molecule has 5 aromatic rings. The maximum absolute atomic E-state index is 12.8. The maximum Gasteiger partial charge on any atom is 0.326 e. The number of benzene rings is 2. The van der Waals surface area contributed by atoms with Crippen LogP contribution < -0.4 is 5.43 Å². The van der Waals surface area contributed by atoms with Crippen molar-refractivity contribution in [3.8, 4) is 10.8 Å². The molecular formula is C23H17N3O4S. The summed E-state index contributed by atoms with van der Waals surface area (Å²) in [5.74, 6) is 0.152. The first-order valence-electron chi connectivity index (χ1n) is 9.69. The Hall–Kier alpha value is -3.78. The van der Waals surface area contributed by atoms with Gasteiger partial charge in [0.15, 0.2) is 11.5 Å². The van der Waals surface area contributed by atoms with E-state index in [0.29, 0.717) is 27.7 Å². The number of pyridine rings is 1. The minimum atomic E-state index is -0.703. The third kappa shape index (κ3) is 3.51. The smallest absolute Gasteiger partial charge is 0.326 e. The Labute approximate surface area is 180 Å². The predicted molar refractivity (Wildman–Crippen MR) is 118 cm³/mol. The van der Waals surface area contributed by atoms with Crippen LogP contribution in [-0.2, 0) is 16.1 Å². The van der Waals surface area contributed by atoms with E-state index in [1.807, 2.05) is 53.9 Å². The Morgan fingerprint density at radius 3 is 2.35 bits per heavy atom. The SMILES string of the molecule is CC(OC(=O)Cn1c2ccccc2c(=O)c2ccccc21)c1nnc(-c2cccs2)o1. The zero-order valence-electron chi connectivity index (χ0n) is 16.5. The van der Waals surface area contributed by atoms with Gasteiger partial charge in [0, 0.05) is 10.8 Å². The molecule has 8 heteroatoms. The van der Waals surface area contributed by atoms with E-state index in [1.54, 1.807) is 23.6 Å². The number of nitrogens with zero attached hydrogens (tertiary/aromatic N) is 3. The molecule has 0 saturated carbocycles. The fourth-order valence-corrected chi connectivity index (χ4v) is 4.20. The molecule has 0 spiro atoms. The molecule has 31 heavy (non-hydrogen) atoms. The summed E-state index contributed by atoms with van der Waals surface area (Å²) in [6.07, 6.45) is -0.703. The summed E-state index contributed by atoms with van der Waals surface area (Å²) in [7, 11) is 0. The molecule has 3 heterocycles. The van der Waals surface area contributed by atoms with Gasteiger partial charge in [-0.25, -0.2) is 0 Å². The normalized spacial score (nSPS) is 12.3. The molecule has 3 aromatic heterocycles. The highest BCUT2D eigenvalue weighted by Crippen LogP contribution is 2.26. The summed E-state index contributed by atoms with van der Waals surface area (Å²) in [6, 6.07) is 18.2. The summed E-state index contributed by atoms with van der Waals surface area (Å²) in [5, 5.41) is 11.1. The second-order valence-corrected chi connectivity index (χ2v) is 7.95. The number of thiophene rings is 1. The van der Waals surface area contributed by atoms with Crippen molar-refractivity contribution in [2.75, 3.05) is 0 Å². The molecule has 0 bridgehead atoms. The van der Waals surface area contributed by atoms with Gasteiger partial charge in [-0.15, -0.1) is 21.5 Å². The van der Waals surface area contributed by atoms with Crippen molar-refractivity contribution >= 4 is 39.1 Å². The quantitative estimate of drug-likeness (QED) is 0.299. The Bertz CT molecular complexity index is 1390. The van der Waals surface area contributed by atoms with Crippen molar-refractivity contribution in [1.82, 2.24) is 14.8 Å².